The monoisotopic (exact) mass is 285 g/mol. The third-order valence-corrected chi connectivity index (χ3v) is 6.39. The van der Waals surface area contributed by atoms with Crippen LogP contribution in [0.4, 0.5) is 0 Å². The molecule has 2 aliphatic heterocycles. The first kappa shape index (κ1) is 12.0. The van der Waals surface area contributed by atoms with Gasteiger partial charge in [-0.15, -0.1) is 0 Å². The molecule has 1 N–H and O–H groups in total. The zero-order chi connectivity index (χ0) is 14.4. The summed E-state index contributed by atoms with van der Waals surface area (Å²) in [6.45, 7) is 1.00. The summed E-state index contributed by atoms with van der Waals surface area (Å²) in [5, 5.41) is 10.2. The number of benzene rings is 1. The number of hydrogen-bond donors (Lipinski definition) is 1. The van der Waals surface area contributed by atoms with Gasteiger partial charge in [-0.2, -0.15) is 0 Å². The number of carbonyl (C=O) groups excluding carboxylic acids is 1. The highest BCUT2D eigenvalue weighted by atomic mass is 16.5. The van der Waals surface area contributed by atoms with Crippen LogP contribution in [0.15, 0.2) is 12.1 Å². The number of hydrogen-bond acceptors (Lipinski definition) is 4. The minimum atomic E-state index is -0.366. The van der Waals surface area contributed by atoms with Gasteiger partial charge in [-0.05, 0) is 50.4 Å². The number of nitrogens with zero attached hydrogens (tertiary/aromatic N) is 1. The summed E-state index contributed by atoms with van der Waals surface area (Å²) in [5.41, 5.74) is 2.26. The van der Waals surface area contributed by atoms with E-state index in [9.17, 15) is 9.90 Å². The quantitative estimate of drug-likeness (QED) is 0.787. The molecule has 1 spiro atoms. The van der Waals surface area contributed by atoms with Crippen molar-refractivity contribution in [2.75, 3.05) is 13.6 Å². The van der Waals surface area contributed by atoms with Gasteiger partial charge < -0.3 is 14.7 Å². The molecule has 1 saturated carbocycles. The van der Waals surface area contributed by atoms with Crippen molar-refractivity contribution in [2.45, 2.75) is 43.2 Å². The summed E-state index contributed by atoms with van der Waals surface area (Å²) in [4.78, 5) is 14.9. The van der Waals surface area contributed by atoms with Gasteiger partial charge in [0, 0.05) is 23.4 Å². The van der Waals surface area contributed by atoms with Gasteiger partial charge in [0.05, 0.1) is 0 Å². The Morgan fingerprint density at radius 2 is 2.29 bits per heavy atom. The molecule has 5 rings (SSSR count). The van der Waals surface area contributed by atoms with E-state index in [0.29, 0.717) is 24.1 Å². The first-order valence-electron chi connectivity index (χ1n) is 7.88. The molecule has 0 radical (unpaired) electrons. The van der Waals surface area contributed by atoms with Crippen molar-refractivity contribution in [3.63, 3.8) is 0 Å². The average Bonchev–Trinajstić information content (AvgIpc) is 2.83. The van der Waals surface area contributed by atoms with Gasteiger partial charge in [0.2, 0.25) is 0 Å². The van der Waals surface area contributed by atoms with E-state index in [1.54, 1.807) is 6.07 Å². The molecule has 1 aromatic rings. The Morgan fingerprint density at radius 3 is 3.14 bits per heavy atom. The predicted octanol–water partition coefficient (Wildman–Crippen LogP) is 1.63. The molecular weight excluding hydrogens is 266 g/mol. The number of phenols is 1. The molecule has 21 heavy (non-hydrogen) atoms. The Hall–Kier alpha value is -1.55. The summed E-state index contributed by atoms with van der Waals surface area (Å²) in [6.07, 6.45) is 3.18. The number of carbonyl (C=O) groups is 1. The number of rotatable bonds is 0. The number of likely N-dealkylation sites (N-methyl/N-ethyl adjacent to an activating group) is 1. The second-order valence-corrected chi connectivity index (χ2v) is 7.10. The van der Waals surface area contributed by atoms with Crippen LogP contribution in [0.25, 0.3) is 0 Å². The summed E-state index contributed by atoms with van der Waals surface area (Å²) in [5.74, 6) is 1.50. The maximum atomic E-state index is 12.5. The number of ether oxygens (including phenoxy) is 1. The number of piperidine rings is 1. The zero-order valence-corrected chi connectivity index (χ0v) is 12.1. The van der Waals surface area contributed by atoms with Gasteiger partial charge in [-0.25, -0.2) is 0 Å². The van der Waals surface area contributed by atoms with Crippen LogP contribution in [-0.4, -0.2) is 41.5 Å². The summed E-state index contributed by atoms with van der Waals surface area (Å²) < 4.78 is 6.04. The van der Waals surface area contributed by atoms with Crippen molar-refractivity contribution in [1.29, 1.82) is 0 Å². The number of Topliss-reactive ketones (excluding diaryl/α,β-unsaturated/α-hetero) is 1. The number of phenolic OH excluding ortho intramolecular Hbond substituents is 1. The molecule has 110 valence electrons. The van der Waals surface area contributed by atoms with Crippen molar-refractivity contribution in [1.82, 2.24) is 4.90 Å². The maximum absolute atomic E-state index is 12.5. The van der Waals surface area contributed by atoms with Crippen molar-refractivity contribution in [3.8, 4) is 11.5 Å². The fourth-order valence-corrected chi connectivity index (χ4v) is 5.52. The number of ketones is 1. The van der Waals surface area contributed by atoms with Gasteiger partial charge in [0.25, 0.3) is 0 Å². The van der Waals surface area contributed by atoms with E-state index in [-0.39, 0.29) is 23.1 Å². The SMILES string of the molecule is CN1CC[C@]23c4c5ccc(O)c4O[C@H]2C(=O)CCC3C1C5. The van der Waals surface area contributed by atoms with Crippen LogP contribution in [0.5, 0.6) is 11.5 Å². The normalized spacial score (nSPS) is 39.9. The van der Waals surface area contributed by atoms with Crippen LogP contribution in [-0.2, 0) is 16.6 Å². The van der Waals surface area contributed by atoms with Gasteiger partial charge in [0.15, 0.2) is 23.4 Å². The Bertz CT molecular complexity index is 670. The van der Waals surface area contributed by atoms with E-state index >= 15 is 0 Å². The van der Waals surface area contributed by atoms with Crippen LogP contribution in [0, 0.1) is 5.92 Å². The molecule has 2 fully saturated rings. The van der Waals surface area contributed by atoms with E-state index in [0.717, 1.165) is 31.4 Å². The standard InChI is InChI=1S/C17H19NO3/c1-18-7-6-17-10-3-5-13(20)16(17)21-15-12(19)4-2-9(14(15)17)8-11(10)18/h2,4,10-11,16,19H,3,5-8H2,1H3/t10?,11?,16-,17-/m0/s1. The highest BCUT2D eigenvalue weighted by Gasteiger charge is 2.65. The first-order valence-corrected chi connectivity index (χ1v) is 7.88. The molecular formula is C17H19NO3. The molecule has 1 aromatic carbocycles. The fourth-order valence-electron chi connectivity index (χ4n) is 5.52. The predicted molar refractivity (Wildman–Crippen MR) is 76.7 cm³/mol. The lowest BCUT2D eigenvalue weighted by Gasteiger charge is -2.57. The molecule has 4 heteroatoms. The fraction of sp³-hybridized carbons (Fsp3) is 0.588. The number of aromatic hydroxyl groups is 1. The molecule has 2 bridgehead atoms. The molecule has 4 nitrogen and oxygen atoms in total. The Kier molecular flexibility index (Phi) is 2.07. The Labute approximate surface area is 123 Å². The van der Waals surface area contributed by atoms with Gasteiger partial charge in [0.1, 0.15) is 0 Å². The van der Waals surface area contributed by atoms with E-state index in [4.69, 9.17) is 4.74 Å². The zero-order valence-electron chi connectivity index (χ0n) is 12.1. The molecule has 2 unspecified atom stereocenters. The highest BCUT2D eigenvalue weighted by Crippen LogP contribution is 2.62. The second-order valence-electron chi connectivity index (χ2n) is 7.10. The average molecular weight is 285 g/mol. The van der Waals surface area contributed by atoms with E-state index < -0.39 is 0 Å². The molecule has 4 atom stereocenters. The highest BCUT2D eigenvalue weighted by molar-refractivity contribution is 5.89. The van der Waals surface area contributed by atoms with E-state index in [2.05, 4.69) is 11.9 Å². The topological polar surface area (TPSA) is 49.8 Å². The minimum absolute atomic E-state index is 0.172. The summed E-state index contributed by atoms with van der Waals surface area (Å²) >= 11 is 0. The molecule has 2 heterocycles. The lowest BCUT2D eigenvalue weighted by Crippen LogP contribution is -2.65. The summed E-state index contributed by atoms with van der Waals surface area (Å²) in [7, 11) is 2.20. The van der Waals surface area contributed by atoms with Gasteiger partial charge >= 0.3 is 0 Å². The third kappa shape index (κ3) is 1.20. The second kappa shape index (κ2) is 3.61. The molecule has 1 saturated heterocycles. The molecule has 0 aromatic heterocycles. The molecule has 2 aliphatic carbocycles. The third-order valence-electron chi connectivity index (χ3n) is 6.39. The largest absolute Gasteiger partial charge is 0.504 e. The van der Waals surface area contributed by atoms with Crippen molar-refractivity contribution in [3.05, 3.63) is 23.3 Å². The molecule has 4 aliphatic rings. The van der Waals surface area contributed by atoms with Crippen LogP contribution >= 0.6 is 0 Å². The Balaban J connectivity index is 1.83. The first-order chi connectivity index (χ1) is 10.1. The molecule has 0 amide bonds. The van der Waals surface area contributed by atoms with Crippen LogP contribution in [0.3, 0.4) is 0 Å². The van der Waals surface area contributed by atoms with E-state index in [1.807, 2.05) is 6.07 Å². The summed E-state index contributed by atoms with van der Waals surface area (Å²) in [6, 6.07) is 4.26. The van der Waals surface area contributed by atoms with Gasteiger partial charge in [-0.3, -0.25) is 4.79 Å². The van der Waals surface area contributed by atoms with Crippen molar-refractivity contribution >= 4 is 5.78 Å². The lowest BCUT2D eigenvalue weighted by molar-refractivity contribution is -0.138. The minimum Gasteiger partial charge on any atom is -0.504 e. The van der Waals surface area contributed by atoms with Crippen LogP contribution in [0.1, 0.15) is 30.4 Å². The lowest BCUT2D eigenvalue weighted by atomic mass is 9.52. The van der Waals surface area contributed by atoms with Gasteiger partial charge in [-0.1, -0.05) is 6.07 Å². The maximum Gasteiger partial charge on any atom is 0.174 e. The van der Waals surface area contributed by atoms with E-state index in [1.165, 1.54) is 5.56 Å². The van der Waals surface area contributed by atoms with Crippen molar-refractivity contribution in [2.24, 2.45) is 5.92 Å². The van der Waals surface area contributed by atoms with Crippen molar-refractivity contribution < 1.29 is 14.6 Å². The Morgan fingerprint density at radius 1 is 1.43 bits per heavy atom. The van der Waals surface area contributed by atoms with Crippen LogP contribution < -0.4 is 4.74 Å². The van der Waals surface area contributed by atoms with Crippen LogP contribution in [0.2, 0.25) is 0 Å². The smallest absolute Gasteiger partial charge is 0.174 e. The number of likely N-dealkylation sites (tertiary alicyclic amines) is 1.